The van der Waals surface area contributed by atoms with E-state index < -0.39 is 0 Å². The average Bonchev–Trinajstić information content (AvgIpc) is 2.45. The third-order valence-corrected chi connectivity index (χ3v) is 3.89. The molecule has 0 aromatic carbocycles. The zero-order valence-electron chi connectivity index (χ0n) is 12.3. The second kappa shape index (κ2) is 8.92. The summed E-state index contributed by atoms with van der Waals surface area (Å²) in [5, 5.41) is 0. The van der Waals surface area contributed by atoms with Crippen molar-refractivity contribution in [2.45, 2.75) is 45.1 Å². The summed E-state index contributed by atoms with van der Waals surface area (Å²) >= 11 is 0. The average molecular weight is 264 g/mol. The fourth-order valence-electron chi connectivity index (χ4n) is 2.81. The van der Waals surface area contributed by atoms with Crippen LogP contribution in [0.15, 0.2) is 25.3 Å². The van der Waals surface area contributed by atoms with Crippen LogP contribution in [-0.2, 0) is 4.79 Å². The lowest BCUT2D eigenvalue weighted by molar-refractivity contribution is -0.132. The van der Waals surface area contributed by atoms with Gasteiger partial charge in [0.05, 0.1) is 6.54 Å². The lowest BCUT2D eigenvalue weighted by atomic mass is 9.94. The van der Waals surface area contributed by atoms with Gasteiger partial charge in [-0.2, -0.15) is 0 Å². The summed E-state index contributed by atoms with van der Waals surface area (Å²) < 4.78 is 0. The zero-order chi connectivity index (χ0) is 14.1. The molecule has 1 aliphatic carbocycles. The Kier molecular flexibility index (Phi) is 7.49. The number of hydrogen-bond acceptors (Lipinski definition) is 2. The number of hydrogen-bond donors (Lipinski definition) is 0. The highest BCUT2D eigenvalue weighted by atomic mass is 16.2. The van der Waals surface area contributed by atoms with E-state index in [0.717, 1.165) is 6.54 Å². The third-order valence-electron chi connectivity index (χ3n) is 3.89. The Balaban J connectivity index is 2.54. The van der Waals surface area contributed by atoms with Crippen LogP contribution in [0.4, 0.5) is 0 Å². The predicted molar refractivity (Wildman–Crippen MR) is 81.1 cm³/mol. The van der Waals surface area contributed by atoms with E-state index in [9.17, 15) is 4.79 Å². The quantitative estimate of drug-likeness (QED) is 0.629. The lowest BCUT2D eigenvalue weighted by Crippen LogP contribution is -2.45. The van der Waals surface area contributed by atoms with Gasteiger partial charge < -0.3 is 4.90 Å². The van der Waals surface area contributed by atoms with Gasteiger partial charge in [-0.3, -0.25) is 9.69 Å². The van der Waals surface area contributed by atoms with E-state index >= 15 is 0 Å². The van der Waals surface area contributed by atoms with Crippen molar-refractivity contribution < 1.29 is 4.79 Å². The summed E-state index contributed by atoms with van der Waals surface area (Å²) in [4.78, 5) is 16.5. The molecule has 3 heteroatoms. The molecule has 0 aromatic heterocycles. The fraction of sp³-hybridized carbons (Fsp3) is 0.688. The van der Waals surface area contributed by atoms with Gasteiger partial charge in [-0.05, 0) is 19.4 Å². The number of likely N-dealkylation sites (N-methyl/N-ethyl adjacent to an activating group) is 1. The molecule has 0 radical (unpaired) electrons. The Morgan fingerprint density at radius 2 is 1.74 bits per heavy atom. The molecule has 1 rings (SSSR count). The SMILES string of the molecule is C=CCN(CC=C)C(=O)CN(CC)C1CCCCC1. The van der Waals surface area contributed by atoms with Crippen LogP contribution in [0.3, 0.4) is 0 Å². The Morgan fingerprint density at radius 3 is 2.21 bits per heavy atom. The molecule has 1 fully saturated rings. The molecule has 0 heterocycles. The number of carbonyl (C=O) groups is 1. The van der Waals surface area contributed by atoms with Crippen molar-refractivity contribution >= 4 is 5.91 Å². The number of nitrogens with zero attached hydrogens (tertiary/aromatic N) is 2. The van der Waals surface area contributed by atoms with Gasteiger partial charge in [0.1, 0.15) is 0 Å². The Labute approximate surface area is 118 Å². The molecule has 1 aliphatic rings. The minimum atomic E-state index is 0.187. The summed E-state index contributed by atoms with van der Waals surface area (Å²) in [6, 6.07) is 0.594. The normalized spacial score (nSPS) is 16.3. The molecule has 0 unspecified atom stereocenters. The van der Waals surface area contributed by atoms with Crippen LogP contribution in [0.5, 0.6) is 0 Å². The molecule has 0 aliphatic heterocycles. The van der Waals surface area contributed by atoms with E-state index in [1.807, 2.05) is 4.90 Å². The Bertz CT molecular complexity index is 285. The first kappa shape index (κ1) is 16.0. The van der Waals surface area contributed by atoms with Crippen molar-refractivity contribution in [1.29, 1.82) is 0 Å². The van der Waals surface area contributed by atoms with Crippen molar-refractivity contribution in [1.82, 2.24) is 9.80 Å². The first-order chi connectivity index (χ1) is 9.22. The van der Waals surface area contributed by atoms with Gasteiger partial charge >= 0.3 is 0 Å². The van der Waals surface area contributed by atoms with Gasteiger partial charge in [-0.15, -0.1) is 13.2 Å². The highest BCUT2D eigenvalue weighted by molar-refractivity contribution is 5.78. The molecule has 3 nitrogen and oxygen atoms in total. The van der Waals surface area contributed by atoms with Crippen LogP contribution in [0.2, 0.25) is 0 Å². The van der Waals surface area contributed by atoms with Crippen molar-refractivity contribution in [3.63, 3.8) is 0 Å². The molecule has 0 N–H and O–H groups in total. The highest BCUT2D eigenvalue weighted by Crippen LogP contribution is 2.22. The molecule has 0 bridgehead atoms. The maximum atomic E-state index is 12.3. The predicted octanol–water partition coefficient (Wildman–Crippen LogP) is 2.84. The second-order valence-corrected chi connectivity index (χ2v) is 5.23. The van der Waals surface area contributed by atoms with Crippen LogP contribution in [0, 0.1) is 0 Å². The number of carbonyl (C=O) groups excluding carboxylic acids is 1. The van der Waals surface area contributed by atoms with Crippen LogP contribution < -0.4 is 0 Å². The van der Waals surface area contributed by atoms with Crippen LogP contribution in [0.25, 0.3) is 0 Å². The molecule has 0 spiro atoms. The van der Waals surface area contributed by atoms with Gasteiger partial charge in [-0.1, -0.05) is 38.3 Å². The Morgan fingerprint density at radius 1 is 1.16 bits per heavy atom. The molecular weight excluding hydrogens is 236 g/mol. The fourth-order valence-corrected chi connectivity index (χ4v) is 2.81. The summed E-state index contributed by atoms with van der Waals surface area (Å²) in [5.41, 5.74) is 0. The summed E-state index contributed by atoms with van der Waals surface area (Å²) in [7, 11) is 0. The van der Waals surface area contributed by atoms with E-state index in [0.29, 0.717) is 25.7 Å². The second-order valence-electron chi connectivity index (χ2n) is 5.23. The van der Waals surface area contributed by atoms with Gasteiger partial charge in [0.2, 0.25) is 5.91 Å². The molecule has 108 valence electrons. The Hall–Kier alpha value is -1.09. The zero-order valence-corrected chi connectivity index (χ0v) is 12.3. The van der Waals surface area contributed by atoms with Crippen molar-refractivity contribution in [2.75, 3.05) is 26.2 Å². The molecular formula is C16H28N2O. The van der Waals surface area contributed by atoms with E-state index in [4.69, 9.17) is 0 Å². The summed E-state index contributed by atoms with van der Waals surface area (Å²) in [6.45, 7) is 12.3. The molecule has 0 atom stereocenters. The number of amides is 1. The molecule has 19 heavy (non-hydrogen) atoms. The van der Waals surface area contributed by atoms with Crippen LogP contribution in [0.1, 0.15) is 39.0 Å². The van der Waals surface area contributed by atoms with Crippen molar-refractivity contribution in [3.8, 4) is 0 Å². The maximum absolute atomic E-state index is 12.3. The molecule has 0 saturated heterocycles. The van der Waals surface area contributed by atoms with Gasteiger partial charge in [0.25, 0.3) is 0 Å². The first-order valence-electron chi connectivity index (χ1n) is 7.46. The smallest absolute Gasteiger partial charge is 0.237 e. The van der Waals surface area contributed by atoms with Crippen LogP contribution >= 0.6 is 0 Å². The topological polar surface area (TPSA) is 23.6 Å². The minimum Gasteiger partial charge on any atom is -0.334 e. The highest BCUT2D eigenvalue weighted by Gasteiger charge is 2.23. The minimum absolute atomic E-state index is 0.187. The number of rotatable bonds is 8. The molecule has 1 amide bonds. The standard InChI is InChI=1S/C16H28N2O/c1-4-12-18(13-5-2)16(19)14-17(6-3)15-10-8-7-9-11-15/h4-5,15H,1-2,6-14H2,3H3. The van der Waals surface area contributed by atoms with Gasteiger partial charge in [0.15, 0.2) is 0 Å². The summed E-state index contributed by atoms with van der Waals surface area (Å²) in [5.74, 6) is 0.187. The summed E-state index contributed by atoms with van der Waals surface area (Å²) in [6.07, 6.45) is 9.99. The van der Waals surface area contributed by atoms with E-state index in [-0.39, 0.29) is 5.91 Å². The molecule has 1 saturated carbocycles. The van der Waals surface area contributed by atoms with E-state index in [1.165, 1.54) is 32.1 Å². The third kappa shape index (κ3) is 5.19. The largest absolute Gasteiger partial charge is 0.334 e. The first-order valence-corrected chi connectivity index (χ1v) is 7.46. The van der Waals surface area contributed by atoms with Crippen LogP contribution in [-0.4, -0.2) is 47.9 Å². The van der Waals surface area contributed by atoms with E-state index in [1.54, 1.807) is 12.2 Å². The molecule has 0 aromatic rings. The van der Waals surface area contributed by atoms with E-state index in [2.05, 4.69) is 25.0 Å². The van der Waals surface area contributed by atoms with Gasteiger partial charge in [-0.25, -0.2) is 0 Å². The lowest BCUT2D eigenvalue weighted by Gasteiger charge is -2.34. The monoisotopic (exact) mass is 264 g/mol. The van der Waals surface area contributed by atoms with Gasteiger partial charge in [0, 0.05) is 19.1 Å². The van der Waals surface area contributed by atoms with Crippen molar-refractivity contribution in [2.24, 2.45) is 0 Å². The van der Waals surface area contributed by atoms with Crippen molar-refractivity contribution in [3.05, 3.63) is 25.3 Å². The maximum Gasteiger partial charge on any atom is 0.237 e.